The van der Waals surface area contributed by atoms with Gasteiger partial charge in [-0.05, 0) is 17.5 Å². The predicted molar refractivity (Wildman–Crippen MR) is 89.2 cm³/mol. The van der Waals surface area contributed by atoms with Gasteiger partial charge in [-0.15, -0.1) is 0 Å². The van der Waals surface area contributed by atoms with E-state index in [2.05, 4.69) is 31.2 Å². The van der Waals surface area contributed by atoms with Crippen molar-refractivity contribution in [2.75, 3.05) is 0 Å². The average Bonchev–Trinajstić information content (AvgIpc) is 2.56. The van der Waals surface area contributed by atoms with Crippen LogP contribution in [0.25, 0.3) is 0 Å². The highest BCUT2D eigenvalue weighted by Gasteiger charge is 2.19. The lowest BCUT2D eigenvalue weighted by molar-refractivity contribution is 0.161. The highest BCUT2D eigenvalue weighted by atomic mass is 16.3. The van der Waals surface area contributed by atoms with Crippen molar-refractivity contribution in [1.29, 1.82) is 0 Å². The lowest BCUT2D eigenvalue weighted by Gasteiger charge is -2.21. The van der Waals surface area contributed by atoms with Crippen LogP contribution in [-0.4, -0.2) is 5.11 Å². The third-order valence-corrected chi connectivity index (χ3v) is 3.73. The second-order valence-corrected chi connectivity index (χ2v) is 5.36. The molecule has 0 aromatic heterocycles. The Hall–Kier alpha value is -1.86. The van der Waals surface area contributed by atoms with Gasteiger partial charge in [-0.2, -0.15) is 0 Å². The first-order valence-corrected chi connectivity index (χ1v) is 7.77. The molecule has 1 N–H and O–H groups in total. The summed E-state index contributed by atoms with van der Waals surface area (Å²) in [6.45, 7) is 2.20. The summed E-state index contributed by atoms with van der Waals surface area (Å²) >= 11 is 0. The Morgan fingerprint density at radius 3 is 2.05 bits per heavy atom. The van der Waals surface area contributed by atoms with Gasteiger partial charge in [0.05, 0.1) is 6.10 Å². The second kappa shape index (κ2) is 8.43. The molecule has 0 heterocycles. The average molecular weight is 280 g/mol. The van der Waals surface area contributed by atoms with E-state index in [1.54, 1.807) is 0 Å². The largest absolute Gasteiger partial charge is 0.387 e. The SMILES string of the molecule is CCCC/C=C\[C@@H](c1ccccc1)[C@@H](O)c1ccccc1. The molecule has 0 saturated heterocycles. The van der Waals surface area contributed by atoms with Gasteiger partial charge in [0.1, 0.15) is 0 Å². The Kier molecular flexibility index (Phi) is 6.23. The smallest absolute Gasteiger partial charge is 0.0893 e. The summed E-state index contributed by atoms with van der Waals surface area (Å²) in [6, 6.07) is 20.1. The first kappa shape index (κ1) is 15.5. The lowest BCUT2D eigenvalue weighted by atomic mass is 9.88. The topological polar surface area (TPSA) is 20.2 Å². The summed E-state index contributed by atoms with van der Waals surface area (Å²) in [6.07, 6.45) is 7.31. The van der Waals surface area contributed by atoms with Crippen LogP contribution in [0.1, 0.15) is 49.3 Å². The summed E-state index contributed by atoms with van der Waals surface area (Å²) < 4.78 is 0. The minimum absolute atomic E-state index is 0.00505. The van der Waals surface area contributed by atoms with Crippen LogP contribution in [0.4, 0.5) is 0 Å². The highest BCUT2D eigenvalue weighted by Crippen LogP contribution is 2.32. The van der Waals surface area contributed by atoms with Gasteiger partial charge in [0, 0.05) is 5.92 Å². The number of hydrogen-bond acceptors (Lipinski definition) is 1. The van der Waals surface area contributed by atoms with E-state index in [-0.39, 0.29) is 5.92 Å². The molecule has 1 nitrogen and oxygen atoms in total. The van der Waals surface area contributed by atoms with Gasteiger partial charge in [-0.25, -0.2) is 0 Å². The molecule has 2 atom stereocenters. The standard InChI is InChI=1S/C20H24O/c1-2-3-4-11-16-19(17-12-7-5-8-13-17)20(21)18-14-9-6-10-15-18/h5-16,19-21H,2-4H2,1H3/b16-11-/t19-,20-/m0/s1. The number of unbranched alkanes of at least 4 members (excludes halogenated alkanes) is 2. The Balaban J connectivity index is 2.21. The molecule has 0 spiro atoms. The summed E-state index contributed by atoms with van der Waals surface area (Å²) in [4.78, 5) is 0. The van der Waals surface area contributed by atoms with Crippen molar-refractivity contribution in [3.05, 3.63) is 83.9 Å². The van der Waals surface area contributed by atoms with Gasteiger partial charge in [-0.1, -0.05) is 92.6 Å². The minimum atomic E-state index is -0.508. The number of rotatable bonds is 7. The third-order valence-electron chi connectivity index (χ3n) is 3.73. The maximum atomic E-state index is 10.7. The summed E-state index contributed by atoms with van der Waals surface area (Å²) in [7, 11) is 0. The fraction of sp³-hybridized carbons (Fsp3) is 0.300. The highest BCUT2D eigenvalue weighted by molar-refractivity contribution is 5.30. The van der Waals surface area contributed by atoms with Crippen molar-refractivity contribution < 1.29 is 5.11 Å². The molecule has 1 heteroatoms. The summed E-state index contributed by atoms with van der Waals surface area (Å²) in [5.74, 6) is 0.00505. The molecule has 0 unspecified atom stereocenters. The zero-order valence-electron chi connectivity index (χ0n) is 12.7. The molecule has 110 valence electrons. The first-order valence-electron chi connectivity index (χ1n) is 7.77. The maximum absolute atomic E-state index is 10.7. The zero-order chi connectivity index (χ0) is 14.9. The molecule has 0 aliphatic rings. The van der Waals surface area contributed by atoms with E-state index >= 15 is 0 Å². The molecule has 0 radical (unpaired) electrons. The Bertz CT molecular complexity index is 530. The molecule has 21 heavy (non-hydrogen) atoms. The van der Waals surface area contributed by atoms with Gasteiger partial charge in [0.2, 0.25) is 0 Å². The third kappa shape index (κ3) is 4.57. The van der Waals surface area contributed by atoms with Crippen molar-refractivity contribution in [3.8, 4) is 0 Å². The van der Waals surface area contributed by atoms with Gasteiger partial charge >= 0.3 is 0 Å². The van der Waals surface area contributed by atoms with Crippen molar-refractivity contribution in [2.24, 2.45) is 0 Å². The fourth-order valence-electron chi connectivity index (χ4n) is 2.50. The van der Waals surface area contributed by atoms with E-state index in [0.29, 0.717) is 0 Å². The van der Waals surface area contributed by atoms with E-state index in [9.17, 15) is 5.11 Å². The molecule has 0 aliphatic heterocycles. The van der Waals surface area contributed by atoms with E-state index in [0.717, 1.165) is 17.5 Å². The van der Waals surface area contributed by atoms with E-state index < -0.39 is 6.10 Å². The Labute approximate surface area is 128 Å². The number of aliphatic hydroxyl groups is 1. The van der Waals surface area contributed by atoms with Gasteiger partial charge in [0.15, 0.2) is 0 Å². The fourth-order valence-corrected chi connectivity index (χ4v) is 2.50. The number of benzene rings is 2. The minimum Gasteiger partial charge on any atom is -0.387 e. The number of aliphatic hydroxyl groups excluding tert-OH is 1. The van der Waals surface area contributed by atoms with Crippen molar-refractivity contribution in [3.63, 3.8) is 0 Å². The van der Waals surface area contributed by atoms with E-state index in [4.69, 9.17) is 0 Å². The lowest BCUT2D eigenvalue weighted by Crippen LogP contribution is -2.08. The molecular formula is C20H24O. The van der Waals surface area contributed by atoms with Gasteiger partial charge < -0.3 is 5.11 Å². The van der Waals surface area contributed by atoms with Crippen molar-refractivity contribution in [2.45, 2.75) is 38.2 Å². The summed E-state index contributed by atoms with van der Waals surface area (Å²) in [5.41, 5.74) is 2.12. The maximum Gasteiger partial charge on any atom is 0.0893 e. The molecule has 0 bridgehead atoms. The molecule has 0 saturated carbocycles. The van der Waals surface area contributed by atoms with Crippen molar-refractivity contribution >= 4 is 0 Å². The normalized spacial score (nSPS) is 14.2. The monoisotopic (exact) mass is 280 g/mol. The van der Waals surface area contributed by atoms with Crippen LogP contribution in [0.2, 0.25) is 0 Å². The molecule has 2 rings (SSSR count). The predicted octanol–water partition coefficient (Wildman–Crippen LogP) is 5.25. The van der Waals surface area contributed by atoms with Crippen LogP contribution in [0.15, 0.2) is 72.8 Å². The quantitative estimate of drug-likeness (QED) is 0.542. The number of hydrogen-bond donors (Lipinski definition) is 1. The van der Waals surface area contributed by atoms with E-state index in [1.165, 1.54) is 12.8 Å². The molecule has 0 fully saturated rings. The van der Waals surface area contributed by atoms with E-state index in [1.807, 2.05) is 48.5 Å². The van der Waals surface area contributed by atoms with Crippen LogP contribution in [-0.2, 0) is 0 Å². The molecule has 2 aromatic rings. The zero-order valence-corrected chi connectivity index (χ0v) is 12.7. The summed E-state index contributed by atoms with van der Waals surface area (Å²) in [5, 5.41) is 10.7. The van der Waals surface area contributed by atoms with Crippen LogP contribution in [0.3, 0.4) is 0 Å². The van der Waals surface area contributed by atoms with Crippen LogP contribution >= 0.6 is 0 Å². The van der Waals surface area contributed by atoms with Gasteiger partial charge in [-0.3, -0.25) is 0 Å². The second-order valence-electron chi connectivity index (χ2n) is 5.36. The Morgan fingerprint density at radius 2 is 1.48 bits per heavy atom. The molecule has 0 aliphatic carbocycles. The number of allylic oxidation sites excluding steroid dienone is 1. The van der Waals surface area contributed by atoms with Gasteiger partial charge in [0.25, 0.3) is 0 Å². The Morgan fingerprint density at radius 1 is 0.905 bits per heavy atom. The molecule has 2 aromatic carbocycles. The first-order chi connectivity index (χ1) is 10.3. The van der Waals surface area contributed by atoms with Crippen LogP contribution in [0.5, 0.6) is 0 Å². The van der Waals surface area contributed by atoms with Crippen LogP contribution < -0.4 is 0 Å². The van der Waals surface area contributed by atoms with Crippen LogP contribution in [0, 0.1) is 0 Å². The molecular weight excluding hydrogens is 256 g/mol. The van der Waals surface area contributed by atoms with Crippen molar-refractivity contribution in [1.82, 2.24) is 0 Å². The molecule has 0 amide bonds.